The maximum atomic E-state index is 13.2. The maximum Gasteiger partial charge on any atom is 0.251 e. The third kappa shape index (κ3) is 6.33. The molecule has 1 heterocycles. The van der Waals surface area contributed by atoms with Crippen molar-refractivity contribution in [3.8, 4) is 0 Å². The number of benzene rings is 2. The molecule has 1 aliphatic rings. The van der Waals surface area contributed by atoms with Crippen LogP contribution >= 0.6 is 0 Å². The molecule has 2 amide bonds. The van der Waals surface area contributed by atoms with Gasteiger partial charge in [0.1, 0.15) is 0 Å². The first-order chi connectivity index (χ1) is 16.2. The molecular weight excluding hydrogens is 450 g/mol. The van der Waals surface area contributed by atoms with Gasteiger partial charge >= 0.3 is 0 Å². The molecule has 2 N–H and O–H groups in total. The Morgan fingerprint density at radius 2 is 1.65 bits per heavy atom. The fourth-order valence-electron chi connectivity index (χ4n) is 4.38. The van der Waals surface area contributed by atoms with Gasteiger partial charge in [-0.2, -0.15) is 4.31 Å². The quantitative estimate of drug-likeness (QED) is 0.423. The summed E-state index contributed by atoms with van der Waals surface area (Å²) < 4.78 is 27.9. The number of piperidine rings is 1. The van der Waals surface area contributed by atoms with Gasteiger partial charge < -0.3 is 10.6 Å². The summed E-state index contributed by atoms with van der Waals surface area (Å²) in [4.78, 5) is 24.3. The molecule has 8 heteroatoms. The van der Waals surface area contributed by atoms with Crippen LogP contribution in [0.3, 0.4) is 0 Å². The number of carbonyl (C=O) groups is 2. The monoisotopic (exact) mass is 483 g/mol. The smallest absolute Gasteiger partial charge is 0.251 e. The van der Waals surface area contributed by atoms with Gasteiger partial charge in [0.25, 0.3) is 5.91 Å². The van der Waals surface area contributed by atoms with Crippen molar-refractivity contribution in [1.29, 1.82) is 0 Å². The van der Waals surface area contributed by atoms with Crippen LogP contribution in [0.25, 0.3) is 0 Å². The Morgan fingerprint density at radius 1 is 1.03 bits per heavy atom. The van der Waals surface area contributed by atoms with Crippen molar-refractivity contribution >= 4 is 21.8 Å². The van der Waals surface area contributed by atoms with E-state index in [-0.39, 0.29) is 34.6 Å². The van der Waals surface area contributed by atoms with Gasteiger partial charge in [-0.25, -0.2) is 8.42 Å². The van der Waals surface area contributed by atoms with Crippen LogP contribution in [0.2, 0.25) is 0 Å². The molecule has 0 spiro atoms. The minimum absolute atomic E-state index is 0.0524. The van der Waals surface area contributed by atoms with E-state index in [1.807, 2.05) is 32.0 Å². The van der Waals surface area contributed by atoms with Crippen LogP contribution in [0.15, 0.2) is 72.1 Å². The third-order valence-electron chi connectivity index (χ3n) is 6.23. The number of hydrogen-bond acceptors (Lipinski definition) is 4. The van der Waals surface area contributed by atoms with E-state index in [9.17, 15) is 18.0 Å². The second kappa shape index (κ2) is 11.4. The molecule has 0 aromatic heterocycles. The van der Waals surface area contributed by atoms with Crippen LogP contribution in [0.4, 0.5) is 0 Å². The Bertz CT molecular complexity index is 1090. The summed E-state index contributed by atoms with van der Waals surface area (Å²) in [6.45, 7) is 8.48. The van der Waals surface area contributed by atoms with Crippen LogP contribution in [0, 0.1) is 11.8 Å². The van der Waals surface area contributed by atoms with Crippen LogP contribution < -0.4 is 10.6 Å². The average molecular weight is 484 g/mol. The lowest BCUT2D eigenvalue weighted by atomic mass is 9.87. The zero-order chi connectivity index (χ0) is 24.7. The molecule has 1 saturated heterocycles. The van der Waals surface area contributed by atoms with Gasteiger partial charge in [-0.3, -0.25) is 9.59 Å². The first kappa shape index (κ1) is 25.6. The highest BCUT2D eigenvalue weighted by Crippen LogP contribution is 2.27. The fraction of sp³-hybridized carbons (Fsp3) is 0.385. The van der Waals surface area contributed by atoms with E-state index in [0.29, 0.717) is 25.2 Å². The predicted octanol–water partition coefficient (Wildman–Crippen LogP) is 3.00. The van der Waals surface area contributed by atoms with Crippen molar-refractivity contribution in [3.63, 3.8) is 0 Å². The molecule has 182 valence electrons. The number of nitrogens with one attached hydrogen (secondary N) is 2. The van der Waals surface area contributed by atoms with E-state index in [0.717, 1.165) is 12.8 Å². The Labute approximate surface area is 202 Å². The molecule has 0 aliphatic carbocycles. The summed E-state index contributed by atoms with van der Waals surface area (Å²) in [5.41, 5.74) is 1.65. The second-order valence-corrected chi connectivity index (χ2v) is 10.8. The van der Waals surface area contributed by atoms with Crippen LogP contribution in [0.5, 0.6) is 0 Å². The van der Waals surface area contributed by atoms with Crippen molar-refractivity contribution in [1.82, 2.24) is 14.9 Å². The molecule has 7 nitrogen and oxygen atoms in total. The topological polar surface area (TPSA) is 95.6 Å². The number of carbonyl (C=O) groups excluding carboxylic acids is 2. The highest BCUT2D eigenvalue weighted by molar-refractivity contribution is 7.89. The summed E-state index contributed by atoms with van der Waals surface area (Å²) in [6.07, 6.45) is 2.93. The summed E-state index contributed by atoms with van der Waals surface area (Å²) in [6, 6.07) is 16.0. The van der Waals surface area contributed by atoms with Gasteiger partial charge in [0, 0.05) is 31.2 Å². The van der Waals surface area contributed by atoms with E-state index < -0.39 is 10.0 Å². The van der Waals surface area contributed by atoms with Crippen molar-refractivity contribution in [2.75, 3.05) is 19.6 Å². The Hall–Kier alpha value is -2.97. The minimum Gasteiger partial charge on any atom is -0.352 e. The molecule has 2 aromatic rings. The lowest BCUT2D eigenvalue weighted by Crippen LogP contribution is -2.55. The number of rotatable bonds is 9. The first-order valence-corrected chi connectivity index (χ1v) is 13.0. The van der Waals surface area contributed by atoms with Crippen molar-refractivity contribution in [3.05, 3.63) is 78.4 Å². The first-order valence-electron chi connectivity index (χ1n) is 11.6. The van der Waals surface area contributed by atoms with Crippen molar-refractivity contribution in [2.24, 2.45) is 11.8 Å². The highest BCUT2D eigenvalue weighted by Gasteiger charge is 2.38. The van der Waals surface area contributed by atoms with E-state index in [1.165, 1.54) is 28.1 Å². The Morgan fingerprint density at radius 3 is 2.24 bits per heavy atom. The van der Waals surface area contributed by atoms with Crippen molar-refractivity contribution < 1.29 is 18.0 Å². The minimum atomic E-state index is -3.71. The largest absolute Gasteiger partial charge is 0.352 e. The molecule has 2 atom stereocenters. The lowest BCUT2D eigenvalue weighted by molar-refractivity contribution is -0.118. The molecule has 2 unspecified atom stereocenters. The molecule has 1 aliphatic heterocycles. The van der Waals surface area contributed by atoms with Crippen molar-refractivity contribution in [2.45, 2.75) is 37.6 Å². The fourth-order valence-corrected chi connectivity index (χ4v) is 6.02. The standard InChI is InChI=1S/C26H33N3O4S/c1-4-24(30)28-25-19(2)17-29(18-20(25)3)34(32,33)23-14-12-22(13-15-23)26(31)27-16-8-11-21-9-6-5-7-10-21/h4-7,9-10,12-15,19-20,25H,1,8,11,16-18H2,2-3H3,(H,27,31)(H,28,30). The van der Waals surface area contributed by atoms with Gasteiger partial charge in [-0.15, -0.1) is 0 Å². The van der Waals surface area contributed by atoms with E-state index in [2.05, 4.69) is 29.3 Å². The zero-order valence-electron chi connectivity index (χ0n) is 19.7. The lowest BCUT2D eigenvalue weighted by Gasteiger charge is -2.40. The molecule has 34 heavy (non-hydrogen) atoms. The summed E-state index contributed by atoms with van der Waals surface area (Å²) in [5, 5.41) is 5.79. The van der Waals surface area contributed by atoms with Gasteiger partial charge in [0.2, 0.25) is 15.9 Å². The predicted molar refractivity (Wildman–Crippen MR) is 133 cm³/mol. The second-order valence-electron chi connectivity index (χ2n) is 8.88. The molecule has 0 radical (unpaired) electrons. The average Bonchev–Trinajstić information content (AvgIpc) is 2.84. The van der Waals surface area contributed by atoms with Crippen LogP contribution in [-0.2, 0) is 21.2 Å². The van der Waals surface area contributed by atoms with Gasteiger partial charge in [-0.05, 0) is 60.6 Å². The Balaban J connectivity index is 1.57. The van der Waals surface area contributed by atoms with Crippen LogP contribution in [-0.4, -0.2) is 50.2 Å². The van der Waals surface area contributed by atoms with Gasteiger partial charge in [-0.1, -0.05) is 50.8 Å². The molecule has 2 aromatic carbocycles. The molecule has 1 fully saturated rings. The molecule has 3 rings (SSSR count). The normalized spacial score (nSPS) is 20.9. The number of hydrogen-bond donors (Lipinski definition) is 2. The van der Waals surface area contributed by atoms with Gasteiger partial charge in [0.15, 0.2) is 0 Å². The number of amides is 2. The number of nitrogens with zero attached hydrogens (tertiary/aromatic N) is 1. The Kier molecular flexibility index (Phi) is 8.63. The molecular formula is C26H33N3O4S. The van der Waals surface area contributed by atoms with Gasteiger partial charge in [0.05, 0.1) is 4.90 Å². The zero-order valence-corrected chi connectivity index (χ0v) is 20.6. The summed E-state index contributed by atoms with van der Waals surface area (Å²) >= 11 is 0. The van der Waals surface area contributed by atoms with E-state index in [4.69, 9.17) is 0 Å². The summed E-state index contributed by atoms with van der Waals surface area (Å²) in [7, 11) is -3.71. The third-order valence-corrected chi connectivity index (χ3v) is 8.07. The van der Waals surface area contributed by atoms with E-state index in [1.54, 1.807) is 12.1 Å². The maximum absolute atomic E-state index is 13.2. The molecule has 0 saturated carbocycles. The highest BCUT2D eigenvalue weighted by atomic mass is 32.2. The van der Waals surface area contributed by atoms with Crippen LogP contribution in [0.1, 0.15) is 36.2 Å². The number of aryl methyl sites for hydroxylation is 1. The summed E-state index contributed by atoms with van der Waals surface area (Å²) in [5.74, 6) is -0.585. The number of sulfonamides is 1. The van der Waals surface area contributed by atoms with E-state index >= 15 is 0 Å². The molecule has 0 bridgehead atoms. The SMILES string of the molecule is C=CC(=O)NC1C(C)CN(S(=O)(=O)c2ccc(C(=O)NCCCc3ccccc3)cc2)CC1C.